The molecule has 0 amide bonds. The van der Waals surface area contributed by atoms with Gasteiger partial charge in [-0.15, -0.1) is 0 Å². The fraction of sp³-hybridized carbons (Fsp3) is 0.400. The van der Waals surface area contributed by atoms with Crippen molar-refractivity contribution in [3.63, 3.8) is 0 Å². The van der Waals surface area contributed by atoms with Crippen LogP contribution in [0.15, 0.2) is 30.3 Å². The maximum Gasteiger partial charge on any atom is 0.227 e. The molecule has 1 rings (SSSR count). The van der Waals surface area contributed by atoms with Crippen LogP contribution >= 0.6 is 7.37 Å². The molecule has 0 aliphatic carbocycles. The highest BCUT2D eigenvalue weighted by molar-refractivity contribution is 7.68. The first-order valence-corrected chi connectivity index (χ1v) is 10.2. The minimum absolute atomic E-state index is 0.462. The van der Waals surface area contributed by atoms with Gasteiger partial charge in [0.25, 0.3) is 0 Å². The summed E-state index contributed by atoms with van der Waals surface area (Å²) >= 11 is 0. The van der Waals surface area contributed by atoms with Crippen LogP contribution < -0.4 is 5.30 Å². The first kappa shape index (κ1) is 11.7. The van der Waals surface area contributed by atoms with Gasteiger partial charge in [0.2, 0.25) is 7.37 Å². The van der Waals surface area contributed by atoms with Crippen LogP contribution in [0.1, 0.15) is 0 Å². The zero-order chi connectivity index (χ0) is 10.8. The Bertz CT molecular complexity index is 343. The third-order valence-corrected chi connectivity index (χ3v) is 8.46. The van der Waals surface area contributed by atoms with Crippen LogP contribution in [-0.2, 0) is 4.57 Å². The third kappa shape index (κ3) is 3.41. The fourth-order valence-electron chi connectivity index (χ4n) is 1.40. The molecule has 0 aromatic heterocycles. The molecule has 1 atom stereocenters. The molecule has 0 spiro atoms. The monoisotopic (exact) mass is 228 g/mol. The van der Waals surface area contributed by atoms with E-state index in [-0.39, 0.29) is 0 Å². The first-order valence-electron chi connectivity index (χ1n) is 4.69. The summed E-state index contributed by atoms with van der Waals surface area (Å²) in [6, 6.07) is 8.95. The minimum Gasteiger partial charge on any atom is -0.341 e. The van der Waals surface area contributed by atoms with Crippen molar-refractivity contribution in [2.75, 3.05) is 5.79 Å². The SMILES string of the molecule is C[Si](C)(C)CP(=O)(O)c1ccccc1. The average Bonchev–Trinajstić information content (AvgIpc) is 2.01. The normalized spacial score (nSPS) is 16.3. The van der Waals surface area contributed by atoms with Crippen LogP contribution in [0.4, 0.5) is 0 Å². The molecule has 0 bridgehead atoms. The van der Waals surface area contributed by atoms with Crippen molar-refractivity contribution >= 4 is 20.7 Å². The summed E-state index contributed by atoms with van der Waals surface area (Å²) in [5, 5.41) is 0.586. The molecule has 0 heterocycles. The fourth-order valence-corrected chi connectivity index (χ4v) is 7.91. The van der Waals surface area contributed by atoms with Crippen molar-refractivity contribution < 1.29 is 9.46 Å². The van der Waals surface area contributed by atoms with E-state index in [0.717, 1.165) is 0 Å². The Kier molecular flexibility index (Phi) is 3.35. The zero-order valence-electron chi connectivity index (χ0n) is 8.90. The van der Waals surface area contributed by atoms with E-state index in [0.29, 0.717) is 11.1 Å². The van der Waals surface area contributed by atoms with E-state index in [1.165, 1.54) is 0 Å². The number of hydrogen-bond acceptors (Lipinski definition) is 1. The van der Waals surface area contributed by atoms with Crippen molar-refractivity contribution in [2.24, 2.45) is 0 Å². The van der Waals surface area contributed by atoms with Gasteiger partial charge in [-0.3, -0.25) is 4.57 Å². The van der Waals surface area contributed by atoms with E-state index in [9.17, 15) is 9.46 Å². The highest BCUT2D eigenvalue weighted by atomic mass is 31.2. The van der Waals surface area contributed by atoms with Gasteiger partial charge in [-0.05, 0) is 12.1 Å². The van der Waals surface area contributed by atoms with Crippen LogP contribution in [0, 0.1) is 0 Å². The molecule has 1 aromatic rings. The molecule has 0 aliphatic rings. The zero-order valence-corrected chi connectivity index (χ0v) is 10.8. The van der Waals surface area contributed by atoms with Crippen molar-refractivity contribution in [2.45, 2.75) is 19.6 Å². The summed E-state index contributed by atoms with van der Waals surface area (Å²) in [5.74, 6) is 0.462. The van der Waals surface area contributed by atoms with Gasteiger partial charge in [-0.2, -0.15) is 0 Å². The maximum atomic E-state index is 12.0. The molecular formula is C10H17O2PSi. The molecule has 1 unspecified atom stereocenters. The van der Waals surface area contributed by atoms with Crippen LogP contribution in [0.3, 0.4) is 0 Å². The lowest BCUT2D eigenvalue weighted by atomic mass is 10.4. The average molecular weight is 228 g/mol. The van der Waals surface area contributed by atoms with Crippen molar-refractivity contribution in [3.8, 4) is 0 Å². The Labute approximate surface area is 86.4 Å². The smallest absolute Gasteiger partial charge is 0.227 e. The van der Waals surface area contributed by atoms with Gasteiger partial charge in [-0.1, -0.05) is 37.8 Å². The molecule has 2 nitrogen and oxygen atoms in total. The van der Waals surface area contributed by atoms with E-state index in [1.54, 1.807) is 12.1 Å². The van der Waals surface area contributed by atoms with Gasteiger partial charge in [0.05, 0.1) is 8.07 Å². The van der Waals surface area contributed by atoms with Gasteiger partial charge in [0.1, 0.15) is 0 Å². The second kappa shape index (κ2) is 4.01. The summed E-state index contributed by atoms with van der Waals surface area (Å²) < 4.78 is 12.0. The predicted octanol–water partition coefficient (Wildman–Crippen LogP) is 2.46. The Morgan fingerprint density at radius 1 is 1.21 bits per heavy atom. The third-order valence-electron chi connectivity index (χ3n) is 1.85. The van der Waals surface area contributed by atoms with E-state index < -0.39 is 15.4 Å². The number of rotatable bonds is 3. The van der Waals surface area contributed by atoms with Gasteiger partial charge < -0.3 is 4.89 Å². The topological polar surface area (TPSA) is 37.3 Å². The predicted molar refractivity (Wildman–Crippen MR) is 64.1 cm³/mol. The van der Waals surface area contributed by atoms with Crippen LogP contribution in [0.2, 0.25) is 19.6 Å². The summed E-state index contributed by atoms with van der Waals surface area (Å²) in [7, 11) is -4.59. The lowest BCUT2D eigenvalue weighted by Crippen LogP contribution is -2.28. The van der Waals surface area contributed by atoms with E-state index >= 15 is 0 Å². The second-order valence-electron chi connectivity index (χ2n) is 4.76. The summed E-state index contributed by atoms with van der Waals surface area (Å²) in [5.41, 5.74) is 0. The van der Waals surface area contributed by atoms with Gasteiger partial charge in [-0.25, -0.2) is 0 Å². The van der Waals surface area contributed by atoms with Crippen molar-refractivity contribution in [1.29, 1.82) is 0 Å². The number of benzene rings is 1. The first-order chi connectivity index (χ1) is 6.31. The standard InChI is InChI=1S/C10H17O2PSi/c1-14(2,3)9-13(11,12)10-7-5-4-6-8-10/h4-8H,9H2,1-3H3,(H,11,12). The lowest BCUT2D eigenvalue weighted by molar-refractivity contribution is 0.494. The lowest BCUT2D eigenvalue weighted by Gasteiger charge is -2.20. The van der Waals surface area contributed by atoms with E-state index in [4.69, 9.17) is 0 Å². The molecule has 4 heteroatoms. The minimum atomic E-state index is -3.10. The van der Waals surface area contributed by atoms with Crippen LogP contribution in [-0.4, -0.2) is 18.8 Å². The molecule has 0 saturated carbocycles. The Morgan fingerprint density at radius 3 is 2.14 bits per heavy atom. The van der Waals surface area contributed by atoms with Crippen molar-refractivity contribution in [1.82, 2.24) is 0 Å². The quantitative estimate of drug-likeness (QED) is 0.637. The molecule has 1 N–H and O–H groups in total. The highest BCUT2D eigenvalue weighted by Crippen LogP contribution is 2.41. The summed E-state index contributed by atoms with van der Waals surface area (Å²) in [6.45, 7) is 6.33. The molecular weight excluding hydrogens is 211 g/mol. The number of hydrogen-bond donors (Lipinski definition) is 1. The Morgan fingerprint density at radius 2 is 1.71 bits per heavy atom. The molecule has 78 valence electrons. The van der Waals surface area contributed by atoms with Crippen LogP contribution in [0.25, 0.3) is 0 Å². The van der Waals surface area contributed by atoms with E-state index in [1.807, 2.05) is 18.2 Å². The Balaban J connectivity index is 2.93. The largest absolute Gasteiger partial charge is 0.341 e. The molecule has 1 aromatic carbocycles. The van der Waals surface area contributed by atoms with Gasteiger partial charge in [0.15, 0.2) is 0 Å². The van der Waals surface area contributed by atoms with Crippen molar-refractivity contribution in [3.05, 3.63) is 30.3 Å². The molecule has 0 fully saturated rings. The Hall–Kier alpha value is -0.373. The molecule has 0 saturated heterocycles. The van der Waals surface area contributed by atoms with Crippen LogP contribution in [0.5, 0.6) is 0 Å². The molecule has 0 aliphatic heterocycles. The highest BCUT2D eigenvalue weighted by Gasteiger charge is 2.29. The second-order valence-corrected chi connectivity index (χ2v) is 13.1. The van der Waals surface area contributed by atoms with Gasteiger partial charge >= 0.3 is 0 Å². The van der Waals surface area contributed by atoms with E-state index in [2.05, 4.69) is 19.6 Å². The van der Waals surface area contributed by atoms with Gasteiger partial charge in [0, 0.05) is 11.1 Å². The summed E-state index contributed by atoms with van der Waals surface area (Å²) in [4.78, 5) is 9.91. The molecule has 0 radical (unpaired) electrons. The molecule has 14 heavy (non-hydrogen) atoms. The maximum absolute atomic E-state index is 12.0. The summed E-state index contributed by atoms with van der Waals surface area (Å²) in [6.07, 6.45) is 0.